The second-order valence-electron chi connectivity index (χ2n) is 4.59. The molecule has 0 unspecified atom stereocenters. The highest BCUT2D eigenvalue weighted by Crippen LogP contribution is 2.24. The molecule has 5 nitrogen and oxygen atoms in total. The van der Waals surface area contributed by atoms with Crippen LogP contribution in [0.25, 0.3) is 0 Å². The van der Waals surface area contributed by atoms with E-state index in [2.05, 4.69) is 0 Å². The van der Waals surface area contributed by atoms with E-state index in [1.54, 1.807) is 25.1 Å². The fourth-order valence-corrected chi connectivity index (χ4v) is 3.10. The van der Waals surface area contributed by atoms with Crippen molar-refractivity contribution in [3.05, 3.63) is 29.3 Å². The predicted molar refractivity (Wildman–Crippen MR) is 75.0 cm³/mol. The second kappa shape index (κ2) is 5.61. The molecule has 0 radical (unpaired) electrons. The summed E-state index contributed by atoms with van der Waals surface area (Å²) in [6.45, 7) is 5.43. The molecule has 1 rings (SSSR count). The van der Waals surface area contributed by atoms with Crippen LogP contribution in [-0.4, -0.2) is 31.8 Å². The molecule has 0 heterocycles. The molecule has 19 heavy (non-hydrogen) atoms. The molecule has 1 atom stereocenters. The van der Waals surface area contributed by atoms with Crippen molar-refractivity contribution in [1.29, 1.82) is 0 Å². The van der Waals surface area contributed by atoms with Gasteiger partial charge in [0.05, 0.1) is 11.9 Å². The summed E-state index contributed by atoms with van der Waals surface area (Å²) in [4.78, 5) is 11.2. The maximum Gasteiger partial charge on any atom is 0.327 e. The fraction of sp³-hybridized carbons (Fsp3) is 0.462. The molecule has 0 amide bonds. The first-order valence-corrected chi connectivity index (χ1v) is 7.82. The molecular weight excluding hydrogens is 266 g/mol. The monoisotopic (exact) mass is 285 g/mol. The van der Waals surface area contributed by atoms with E-state index >= 15 is 0 Å². The first-order chi connectivity index (χ1) is 8.68. The Labute approximate surface area is 113 Å². The molecule has 0 saturated carbocycles. The lowest BCUT2D eigenvalue weighted by Gasteiger charge is -2.28. The zero-order valence-electron chi connectivity index (χ0n) is 11.5. The number of hydrogen-bond donors (Lipinski definition) is 1. The van der Waals surface area contributed by atoms with Gasteiger partial charge in [-0.05, 0) is 43.5 Å². The number of aliphatic carboxylic acids is 1. The van der Waals surface area contributed by atoms with Crippen molar-refractivity contribution < 1.29 is 18.3 Å². The van der Waals surface area contributed by atoms with Crippen molar-refractivity contribution >= 4 is 21.7 Å². The molecule has 0 aliphatic heterocycles. The third kappa shape index (κ3) is 3.47. The van der Waals surface area contributed by atoms with Gasteiger partial charge < -0.3 is 5.11 Å². The number of benzene rings is 1. The average Bonchev–Trinajstić information content (AvgIpc) is 2.27. The summed E-state index contributed by atoms with van der Waals surface area (Å²) >= 11 is 0. The van der Waals surface area contributed by atoms with E-state index < -0.39 is 22.0 Å². The second-order valence-corrected chi connectivity index (χ2v) is 6.45. The Morgan fingerprint density at radius 2 is 1.89 bits per heavy atom. The molecule has 0 aliphatic carbocycles. The third-order valence-corrected chi connectivity index (χ3v) is 4.24. The molecule has 106 valence electrons. The summed E-state index contributed by atoms with van der Waals surface area (Å²) in [6, 6.07) is 4.03. The summed E-state index contributed by atoms with van der Waals surface area (Å²) in [6.07, 6.45) is 1.23. The quantitative estimate of drug-likeness (QED) is 0.897. The Morgan fingerprint density at radius 1 is 1.32 bits per heavy atom. The van der Waals surface area contributed by atoms with Gasteiger partial charge in [0, 0.05) is 0 Å². The zero-order chi connectivity index (χ0) is 14.8. The fourth-order valence-electron chi connectivity index (χ4n) is 1.91. The molecule has 6 heteroatoms. The Bertz CT molecular complexity index is 580. The minimum Gasteiger partial charge on any atom is -0.480 e. The Hall–Kier alpha value is -1.56. The Kier molecular flexibility index (Phi) is 4.57. The first kappa shape index (κ1) is 15.5. The molecule has 1 aromatic carbocycles. The number of carboxylic acid groups (broad SMARTS) is 1. The van der Waals surface area contributed by atoms with Crippen molar-refractivity contribution in [3.63, 3.8) is 0 Å². The van der Waals surface area contributed by atoms with Crippen LogP contribution in [0.2, 0.25) is 0 Å². The summed E-state index contributed by atoms with van der Waals surface area (Å²) in [7, 11) is -3.65. The highest BCUT2D eigenvalue weighted by molar-refractivity contribution is 7.92. The summed E-state index contributed by atoms with van der Waals surface area (Å²) in [5, 5.41) is 9.19. The molecule has 0 saturated heterocycles. The van der Waals surface area contributed by atoms with E-state index in [1.165, 1.54) is 0 Å². The first-order valence-electron chi connectivity index (χ1n) is 5.98. The molecule has 1 N–H and O–H groups in total. The van der Waals surface area contributed by atoms with Gasteiger partial charge in [0.2, 0.25) is 10.0 Å². The van der Waals surface area contributed by atoms with Gasteiger partial charge in [0.15, 0.2) is 0 Å². The summed E-state index contributed by atoms with van der Waals surface area (Å²) in [5.41, 5.74) is 2.34. The van der Waals surface area contributed by atoms with E-state index in [-0.39, 0.29) is 6.42 Å². The molecule has 0 spiro atoms. The number of sulfonamides is 1. The number of anilines is 1. The van der Waals surface area contributed by atoms with Crippen molar-refractivity contribution in [2.24, 2.45) is 0 Å². The van der Waals surface area contributed by atoms with Crippen LogP contribution in [0.3, 0.4) is 0 Å². The van der Waals surface area contributed by atoms with E-state index in [9.17, 15) is 18.3 Å². The Morgan fingerprint density at radius 3 is 2.26 bits per heavy atom. The molecular formula is C13H19NO4S. The van der Waals surface area contributed by atoms with E-state index in [0.29, 0.717) is 5.69 Å². The number of rotatable bonds is 5. The van der Waals surface area contributed by atoms with Gasteiger partial charge in [-0.25, -0.2) is 13.2 Å². The molecule has 1 aromatic rings. The van der Waals surface area contributed by atoms with E-state index in [1.807, 2.05) is 13.8 Å². The van der Waals surface area contributed by atoms with Gasteiger partial charge in [0.25, 0.3) is 0 Å². The standard InChI is InChI=1S/C13H19NO4S/c1-5-12(13(15)16)14(19(4,17)18)11-7-6-9(2)10(3)8-11/h6-8,12H,5H2,1-4H3,(H,15,16)/t12-/m1/s1. The van der Waals surface area contributed by atoms with Crippen LogP contribution in [0.15, 0.2) is 18.2 Å². The van der Waals surface area contributed by atoms with Gasteiger partial charge in [-0.15, -0.1) is 0 Å². The van der Waals surface area contributed by atoms with Gasteiger partial charge >= 0.3 is 5.97 Å². The molecule has 0 fully saturated rings. The van der Waals surface area contributed by atoms with Crippen molar-refractivity contribution in [1.82, 2.24) is 0 Å². The van der Waals surface area contributed by atoms with Crippen LogP contribution in [0.1, 0.15) is 24.5 Å². The lowest BCUT2D eigenvalue weighted by molar-refractivity contribution is -0.138. The van der Waals surface area contributed by atoms with Crippen LogP contribution < -0.4 is 4.31 Å². The highest BCUT2D eigenvalue weighted by atomic mass is 32.2. The van der Waals surface area contributed by atoms with Crippen molar-refractivity contribution in [2.45, 2.75) is 33.2 Å². The minimum absolute atomic E-state index is 0.204. The number of carbonyl (C=O) groups is 1. The van der Waals surface area contributed by atoms with Crippen LogP contribution in [0, 0.1) is 13.8 Å². The average molecular weight is 285 g/mol. The van der Waals surface area contributed by atoms with Crippen molar-refractivity contribution in [3.8, 4) is 0 Å². The topological polar surface area (TPSA) is 74.7 Å². The lowest BCUT2D eigenvalue weighted by Crippen LogP contribution is -2.44. The predicted octanol–water partition coefficient (Wildman–Crippen LogP) is 1.93. The van der Waals surface area contributed by atoms with E-state index in [0.717, 1.165) is 21.7 Å². The van der Waals surface area contributed by atoms with Gasteiger partial charge in [-0.1, -0.05) is 13.0 Å². The summed E-state index contributed by atoms with van der Waals surface area (Å²) < 4.78 is 24.8. The SMILES string of the molecule is CC[C@H](C(=O)O)N(c1ccc(C)c(C)c1)S(C)(=O)=O. The van der Waals surface area contributed by atoms with Crippen LogP contribution >= 0.6 is 0 Å². The number of aryl methyl sites for hydroxylation is 2. The maximum absolute atomic E-state index is 11.9. The van der Waals surface area contributed by atoms with Crippen LogP contribution in [-0.2, 0) is 14.8 Å². The minimum atomic E-state index is -3.65. The lowest BCUT2D eigenvalue weighted by atomic mass is 10.1. The van der Waals surface area contributed by atoms with Crippen molar-refractivity contribution in [2.75, 3.05) is 10.6 Å². The molecule has 0 bridgehead atoms. The Balaban J connectivity index is 3.40. The van der Waals surface area contributed by atoms with Gasteiger partial charge in [0.1, 0.15) is 6.04 Å². The molecule has 0 aromatic heterocycles. The maximum atomic E-state index is 11.9. The number of carboxylic acids is 1. The van der Waals surface area contributed by atoms with Crippen LogP contribution in [0.4, 0.5) is 5.69 Å². The molecule has 0 aliphatic rings. The summed E-state index contributed by atoms with van der Waals surface area (Å²) in [5.74, 6) is -1.15. The third-order valence-electron chi connectivity index (χ3n) is 3.06. The van der Waals surface area contributed by atoms with Crippen LogP contribution in [0.5, 0.6) is 0 Å². The normalized spacial score (nSPS) is 13.1. The number of nitrogens with zero attached hydrogens (tertiary/aromatic N) is 1. The zero-order valence-corrected chi connectivity index (χ0v) is 12.4. The largest absolute Gasteiger partial charge is 0.480 e. The highest BCUT2D eigenvalue weighted by Gasteiger charge is 2.31. The van der Waals surface area contributed by atoms with E-state index in [4.69, 9.17) is 0 Å². The number of hydrogen-bond acceptors (Lipinski definition) is 3. The van der Waals surface area contributed by atoms with Gasteiger partial charge in [-0.3, -0.25) is 4.31 Å². The smallest absolute Gasteiger partial charge is 0.327 e. The van der Waals surface area contributed by atoms with Gasteiger partial charge in [-0.2, -0.15) is 0 Å².